The average Bonchev–Trinajstić information content (AvgIpc) is 2.57. The fraction of sp³-hybridized carbons (Fsp3) is 0.316. The molecule has 2 rings (SSSR count). The number of anilines is 2. The number of ether oxygens (including phenoxy) is 1. The molecule has 1 amide bonds. The zero-order valence-electron chi connectivity index (χ0n) is 15.9. The summed E-state index contributed by atoms with van der Waals surface area (Å²) in [5.41, 5.74) is 2.81. The van der Waals surface area contributed by atoms with Gasteiger partial charge in [-0.25, -0.2) is 8.42 Å². The van der Waals surface area contributed by atoms with Crippen LogP contribution >= 0.6 is 11.6 Å². The van der Waals surface area contributed by atoms with Crippen molar-refractivity contribution >= 4 is 38.9 Å². The van der Waals surface area contributed by atoms with Gasteiger partial charge in [0.25, 0.3) is 0 Å². The van der Waals surface area contributed by atoms with Gasteiger partial charge in [-0.1, -0.05) is 23.7 Å². The predicted octanol–water partition coefficient (Wildman–Crippen LogP) is 3.76. The third-order valence-corrected chi connectivity index (χ3v) is 5.67. The van der Waals surface area contributed by atoms with Gasteiger partial charge < -0.3 is 10.1 Å². The van der Waals surface area contributed by atoms with E-state index in [0.717, 1.165) is 21.7 Å². The van der Waals surface area contributed by atoms with Gasteiger partial charge in [-0.2, -0.15) is 0 Å². The van der Waals surface area contributed by atoms with Crippen molar-refractivity contribution in [2.45, 2.75) is 26.8 Å². The summed E-state index contributed by atoms with van der Waals surface area (Å²) in [6.45, 7) is 5.32. The molecule has 0 bridgehead atoms. The Bertz CT molecular complexity index is 960. The monoisotopic (exact) mass is 410 g/mol. The molecule has 0 aliphatic carbocycles. The lowest BCUT2D eigenvalue weighted by Crippen LogP contribution is -2.45. The Morgan fingerprint density at radius 1 is 1.19 bits per heavy atom. The molecule has 0 unspecified atom stereocenters. The zero-order chi connectivity index (χ0) is 20.4. The van der Waals surface area contributed by atoms with Crippen LogP contribution < -0.4 is 14.4 Å². The lowest BCUT2D eigenvalue weighted by Gasteiger charge is -2.28. The molecule has 8 heteroatoms. The number of nitrogens with zero attached hydrogens (tertiary/aromatic N) is 1. The highest BCUT2D eigenvalue weighted by Gasteiger charge is 2.30. The number of aryl methyl sites for hydroxylation is 2. The predicted molar refractivity (Wildman–Crippen MR) is 109 cm³/mol. The third-order valence-electron chi connectivity index (χ3n) is 4.13. The topological polar surface area (TPSA) is 75.7 Å². The van der Waals surface area contributed by atoms with Crippen LogP contribution in [-0.2, 0) is 14.8 Å². The molecule has 1 atom stereocenters. The lowest BCUT2D eigenvalue weighted by molar-refractivity contribution is -0.116. The van der Waals surface area contributed by atoms with Crippen LogP contribution in [0.1, 0.15) is 18.1 Å². The summed E-state index contributed by atoms with van der Waals surface area (Å²) in [4.78, 5) is 12.8. The standard InChI is InChI=1S/C19H23ClN2O4S/c1-12-6-7-13(2)17(10-12)21-19(23)14(3)22(27(5,24)25)15-8-9-18(26-4)16(20)11-15/h6-11,14H,1-5H3,(H,21,23)/t14-/m0/s1. The Kier molecular flexibility index (Phi) is 6.38. The van der Waals surface area contributed by atoms with Gasteiger partial charge in [0.2, 0.25) is 15.9 Å². The van der Waals surface area contributed by atoms with E-state index in [2.05, 4.69) is 5.32 Å². The molecule has 0 fully saturated rings. The van der Waals surface area contributed by atoms with Gasteiger partial charge in [0.15, 0.2) is 0 Å². The molecular formula is C19H23ClN2O4S. The normalized spacial score (nSPS) is 12.4. The van der Waals surface area contributed by atoms with E-state index < -0.39 is 22.0 Å². The fourth-order valence-electron chi connectivity index (χ4n) is 2.71. The number of methoxy groups -OCH3 is 1. The largest absolute Gasteiger partial charge is 0.495 e. The Hall–Kier alpha value is -2.25. The Morgan fingerprint density at radius 3 is 2.41 bits per heavy atom. The number of halogens is 1. The molecule has 0 aliphatic rings. The van der Waals surface area contributed by atoms with Crippen LogP contribution in [0.3, 0.4) is 0 Å². The number of benzene rings is 2. The number of carbonyl (C=O) groups is 1. The lowest BCUT2D eigenvalue weighted by atomic mass is 10.1. The van der Waals surface area contributed by atoms with E-state index in [1.807, 2.05) is 32.0 Å². The van der Waals surface area contributed by atoms with E-state index >= 15 is 0 Å². The van der Waals surface area contributed by atoms with E-state index in [-0.39, 0.29) is 10.7 Å². The van der Waals surface area contributed by atoms with Crippen molar-refractivity contribution < 1.29 is 17.9 Å². The molecule has 27 heavy (non-hydrogen) atoms. The van der Waals surface area contributed by atoms with Crippen molar-refractivity contribution in [3.8, 4) is 5.75 Å². The van der Waals surface area contributed by atoms with Crippen molar-refractivity contribution in [1.82, 2.24) is 0 Å². The van der Waals surface area contributed by atoms with Crippen LogP contribution in [-0.4, -0.2) is 33.7 Å². The SMILES string of the molecule is COc1ccc(N([C@@H](C)C(=O)Nc2cc(C)ccc2C)S(C)(=O)=O)cc1Cl. The van der Waals surface area contributed by atoms with Crippen molar-refractivity contribution in [2.75, 3.05) is 23.0 Å². The van der Waals surface area contributed by atoms with Gasteiger partial charge >= 0.3 is 0 Å². The van der Waals surface area contributed by atoms with E-state index in [1.54, 1.807) is 12.1 Å². The van der Waals surface area contributed by atoms with Crippen LogP contribution in [0.4, 0.5) is 11.4 Å². The molecule has 0 aromatic heterocycles. The van der Waals surface area contributed by atoms with E-state index in [1.165, 1.54) is 20.1 Å². The molecule has 146 valence electrons. The van der Waals surface area contributed by atoms with Crippen molar-refractivity contribution in [1.29, 1.82) is 0 Å². The molecule has 1 N–H and O–H groups in total. The number of amides is 1. The molecule has 0 saturated carbocycles. The minimum absolute atomic E-state index is 0.255. The number of hydrogen-bond donors (Lipinski definition) is 1. The van der Waals surface area contributed by atoms with Crippen molar-refractivity contribution in [2.24, 2.45) is 0 Å². The minimum Gasteiger partial charge on any atom is -0.495 e. The summed E-state index contributed by atoms with van der Waals surface area (Å²) in [6, 6.07) is 9.27. The van der Waals surface area contributed by atoms with E-state index in [9.17, 15) is 13.2 Å². The maximum Gasteiger partial charge on any atom is 0.248 e. The van der Waals surface area contributed by atoms with Gasteiger partial charge in [0.1, 0.15) is 11.8 Å². The van der Waals surface area contributed by atoms with Crippen LogP contribution in [0.25, 0.3) is 0 Å². The molecule has 2 aromatic carbocycles. The smallest absolute Gasteiger partial charge is 0.248 e. The second-order valence-corrected chi connectivity index (χ2v) is 8.63. The highest BCUT2D eigenvalue weighted by atomic mass is 35.5. The summed E-state index contributed by atoms with van der Waals surface area (Å²) in [6.07, 6.45) is 1.05. The van der Waals surface area contributed by atoms with Crippen molar-refractivity contribution in [3.05, 3.63) is 52.5 Å². The van der Waals surface area contributed by atoms with Gasteiger partial charge in [0, 0.05) is 5.69 Å². The maximum atomic E-state index is 12.8. The van der Waals surface area contributed by atoms with Crippen LogP contribution in [0.15, 0.2) is 36.4 Å². The average molecular weight is 411 g/mol. The zero-order valence-corrected chi connectivity index (χ0v) is 17.5. The summed E-state index contributed by atoms with van der Waals surface area (Å²) >= 11 is 6.13. The molecular weight excluding hydrogens is 388 g/mol. The first-order valence-electron chi connectivity index (χ1n) is 8.25. The number of hydrogen-bond acceptors (Lipinski definition) is 4. The Morgan fingerprint density at radius 2 is 1.85 bits per heavy atom. The third kappa shape index (κ3) is 4.93. The fourth-order valence-corrected chi connectivity index (χ4v) is 4.13. The van der Waals surface area contributed by atoms with Gasteiger partial charge in [-0.15, -0.1) is 0 Å². The van der Waals surface area contributed by atoms with Crippen LogP contribution in [0.2, 0.25) is 5.02 Å². The number of sulfonamides is 1. The Balaban J connectivity index is 2.37. The second-order valence-electron chi connectivity index (χ2n) is 6.36. The quantitative estimate of drug-likeness (QED) is 0.786. The second kappa shape index (κ2) is 8.19. The van der Waals surface area contributed by atoms with Crippen LogP contribution in [0.5, 0.6) is 5.75 Å². The van der Waals surface area contributed by atoms with E-state index in [0.29, 0.717) is 11.4 Å². The molecule has 0 heterocycles. The number of nitrogens with one attached hydrogen (secondary N) is 1. The summed E-state index contributed by atoms with van der Waals surface area (Å²) in [7, 11) is -2.27. The molecule has 0 saturated heterocycles. The van der Waals surface area contributed by atoms with E-state index in [4.69, 9.17) is 16.3 Å². The first-order chi connectivity index (χ1) is 12.5. The molecule has 0 aliphatic heterocycles. The summed E-state index contributed by atoms with van der Waals surface area (Å²) in [5, 5.41) is 3.06. The number of carbonyl (C=O) groups excluding carboxylic acids is 1. The maximum absolute atomic E-state index is 12.8. The molecule has 2 aromatic rings. The summed E-state index contributed by atoms with van der Waals surface area (Å²) < 4.78 is 30.9. The van der Waals surface area contributed by atoms with Gasteiger partial charge in [-0.3, -0.25) is 9.10 Å². The molecule has 0 radical (unpaired) electrons. The highest BCUT2D eigenvalue weighted by molar-refractivity contribution is 7.92. The molecule has 6 nitrogen and oxygen atoms in total. The summed E-state index contributed by atoms with van der Waals surface area (Å²) in [5.74, 6) is -0.0255. The highest BCUT2D eigenvalue weighted by Crippen LogP contribution is 2.31. The first kappa shape index (κ1) is 21.1. The van der Waals surface area contributed by atoms with Crippen LogP contribution in [0, 0.1) is 13.8 Å². The van der Waals surface area contributed by atoms with Crippen molar-refractivity contribution in [3.63, 3.8) is 0 Å². The van der Waals surface area contributed by atoms with Gasteiger partial charge in [-0.05, 0) is 56.2 Å². The minimum atomic E-state index is -3.74. The Labute approximate surface area is 165 Å². The number of rotatable bonds is 6. The van der Waals surface area contributed by atoms with Gasteiger partial charge in [0.05, 0.1) is 24.1 Å². The first-order valence-corrected chi connectivity index (χ1v) is 10.5. The molecule has 0 spiro atoms.